The minimum atomic E-state index is -0.926. The van der Waals surface area contributed by atoms with Gasteiger partial charge in [0.05, 0.1) is 19.8 Å². The van der Waals surface area contributed by atoms with Crippen molar-refractivity contribution in [3.05, 3.63) is 41.8 Å². The molecule has 0 aliphatic rings. The van der Waals surface area contributed by atoms with Crippen molar-refractivity contribution in [2.45, 2.75) is 0 Å². The van der Waals surface area contributed by atoms with Crippen molar-refractivity contribution < 1.29 is 18.3 Å². The summed E-state index contributed by atoms with van der Waals surface area (Å²) in [6, 6.07) is 4.02. The fraction of sp³-hybridized carbons (Fsp3) is 0.125. The lowest BCUT2D eigenvalue weighted by Gasteiger charge is -2.18. The molecule has 8 heteroatoms. The first-order valence-corrected chi connectivity index (χ1v) is 6.84. The third-order valence-electron chi connectivity index (χ3n) is 3.57. The predicted octanol–water partition coefficient (Wildman–Crippen LogP) is 3.86. The molecule has 0 bridgehead atoms. The van der Waals surface area contributed by atoms with Crippen molar-refractivity contribution in [1.29, 1.82) is 0 Å². The zero-order valence-electron chi connectivity index (χ0n) is 12.9. The molecular formula is C16H13F2N4O2-. The van der Waals surface area contributed by atoms with Crippen molar-refractivity contribution in [2.75, 3.05) is 20.0 Å². The van der Waals surface area contributed by atoms with E-state index in [0.717, 1.165) is 6.07 Å². The van der Waals surface area contributed by atoms with Gasteiger partial charge in [-0.15, -0.1) is 0 Å². The molecule has 0 unspecified atom stereocenters. The number of nitrogens with two attached hydrogens (primary N) is 1. The van der Waals surface area contributed by atoms with E-state index < -0.39 is 17.2 Å². The standard InChI is InChI=1S/C16H13F2N4O2/c1-23-10-5-11(24-2)15(18)13(14(10)17)9-3-7-6-21-12(19)4-8(7)16(20)22-9/h3-6H,1-2H3,(H3-,19,20,21,22)/q-1. The van der Waals surface area contributed by atoms with Crippen LogP contribution < -0.4 is 15.2 Å². The van der Waals surface area contributed by atoms with Crippen LogP contribution in [0.15, 0.2) is 24.4 Å². The Morgan fingerprint density at radius 1 is 1.04 bits per heavy atom. The molecule has 2 heterocycles. The van der Waals surface area contributed by atoms with Gasteiger partial charge in [0.1, 0.15) is 5.82 Å². The number of anilines is 1. The van der Waals surface area contributed by atoms with E-state index in [4.69, 9.17) is 20.9 Å². The molecule has 2 aromatic heterocycles. The smallest absolute Gasteiger partial charge is 0.175 e. The molecule has 3 N–H and O–H groups in total. The molecule has 0 saturated carbocycles. The summed E-state index contributed by atoms with van der Waals surface area (Å²) in [4.78, 5) is 7.90. The number of nitrogen functional groups attached to an aromatic ring is 1. The summed E-state index contributed by atoms with van der Waals surface area (Å²) in [7, 11) is 2.52. The van der Waals surface area contributed by atoms with Gasteiger partial charge in [-0.05, 0) is 23.2 Å². The quantitative estimate of drug-likeness (QED) is 0.786. The highest BCUT2D eigenvalue weighted by molar-refractivity contribution is 5.95. The second-order valence-electron chi connectivity index (χ2n) is 4.97. The molecule has 124 valence electrons. The highest BCUT2D eigenvalue weighted by Crippen LogP contribution is 2.39. The summed E-state index contributed by atoms with van der Waals surface area (Å²) in [6.45, 7) is 0. The van der Waals surface area contributed by atoms with Crippen molar-refractivity contribution in [2.24, 2.45) is 0 Å². The van der Waals surface area contributed by atoms with E-state index >= 15 is 0 Å². The number of benzene rings is 1. The number of nitrogens with zero attached hydrogens (tertiary/aromatic N) is 2. The topological polar surface area (TPSA) is 94.1 Å². The second-order valence-corrected chi connectivity index (χ2v) is 4.97. The van der Waals surface area contributed by atoms with Gasteiger partial charge in [-0.1, -0.05) is 5.82 Å². The van der Waals surface area contributed by atoms with E-state index in [1.165, 1.54) is 32.5 Å². The number of aromatic nitrogens is 2. The molecule has 0 spiro atoms. The van der Waals surface area contributed by atoms with E-state index in [-0.39, 0.29) is 28.8 Å². The normalized spacial score (nSPS) is 10.8. The molecule has 1 aromatic carbocycles. The minimum Gasteiger partial charge on any atom is -0.494 e. The zero-order chi connectivity index (χ0) is 17.4. The van der Waals surface area contributed by atoms with E-state index in [2.05, 4.69) is 9.97 Å². The van der Waals surface area contributed by atoms with Crippen molar-refractivity contribution in [1.82, 2.24) is 9.97 Å². The van der Waals surface area contributed by atoms with Crippen LogP contribution in [0.5, 0.6) is 11.5 Å². The van der Waals surface area contributed by atoms with Crippen molar-refractivity contribution >= 4 is 22.4 Å². The molecule has 0 atom stereocenters. The fourth-order valence-corrected chi connectivity index (χ4v) is 2.40. The summed E-state index contributed by atoms with van der Waals surface area (Å²) >= 11 is 0. The minimum absolute atomic E-state index is 0.0636. The fourth-order valence-electron chi connectivity index (χ4n) is 2.40. The molecule has 3 aromatic rings. The third-order valence-corrected chi connectivity index (χ3v) is 3.57. The van der Waals surface area contributed by atoms with E-state index in [0.29, 0.717) is 10.8 Å². The largest absolute Gasteiger partial charge is 0.494 e. The highest BCUT2D eigenvalue weighted by atomic mass is 19.1. The van der Waals surface area contributed by atoms with E-state index in [1.807, 2.05) is 0 Å². The number of nitrogens with one attached hydrogen (secondary N) is 1. The molecule has 0 amide bonds. The average molecular weight is 331 g/mol. The first-order valence-electron chi connectivity index (χ1n) is 6.84. The van der Waals surface area contributed by atoms with Gasteiger partial charge < -0.3 is 25.9 Å². The second kappa shape index (κ2) is 5.80. The van der Waals surface area contributed by atoms with Crippen molar-refractivity contribution in [3.63, 3.8) is 0 Å². The number of rotatable bonds is 3. The van der Waals surface area contributed by atoms with Gasteiger partial charge in [0, 0.05) is 17.6 Å². The van der Waals surface area contributed by atoms with Gasteiger partial charge in [-0.2, -0.15) is 0 Å². The molecular weight excluding hydrogens is 318 g/mol. The lowest BCUT2D eigenvalue weighted by molar-refractivity contribution is 0.359. The zero-order valence-corrected chi connectivity index (χ0v) is 12.9. The van der Waals surface area contributed by atoms with Gasteiger partial charge in [0.2, 0.25) is 0 Å². The van der Waals surface area contributed by atoms with Crippen LogP contribution in [0.2, 0.25) is 0 Å². The summed E-state index contributed by atoms with van der Waals surface area (Å²) < 4.78 is 39.0. The first kappa shape index (κ1) is 15.7. The van der Waals surface area contributed by atoms with Crippen LogP contribution in [0, 0.1) is 11.6 Å². The Balaban J connectivity index is 2.33. The Bertz CT molecular complexity index is 919. The molecule has 0 fully saturated rings. The van der Waals surface area contributed by atoms with E-state index in [9.17, 15) is 8.78 Å². The van der Waals surface area contributed by atoms with Crippen LogP contribution >= 0.6 is 0 Å². The SMILES string of the molecule is COc1cc(OC)c(F)c(-c2cc3cnc(N)cc3c([NH-])n2)c1F. The number of methoxy groups -OCH3 is 2. The summed E-state index contributed by atoms with van der Waals surface area (Å²) in [5.74, 6) is -2.17. The van der Waals surface area contributed by atoms with Gasteiger partial charge in [-0.25, -0.2) is 13.8 Å². The molecule has 0 aliphatic carbocycles. The third kappa shape index (κ3) is 2.41. The molecule has 0 aliphatic heterocycles. The Morgan fingerprint density at radius 3 is 2.25 bits per heavy atom. The molecule has 0 radical (unpaired) electrons. The maximum atomic E-state index is 14.6. The van der Waals surface area contributed by atoms with Crippen molar-refractivity contribution in [3.8, 4) is 22.8 Å². The molecule has 24 heavy (non-hydrogen) atoms. The Morgan fingerprint density at radius 2 is 1.67 bits per heavy atom. The van der Waals surface area contributed by atoms with E-state index in [1.54, 1.807) is 0 Å². The predicted molar refractivity (Wildman–Crippen MR) is 86.4 cm³/mol. The number of hydrogen-bond acceptors (Lipinski definition) is 5. The van der Waals surface area contributed by atoms with Gasteiger partial charge >= 0.3 is 0 Å². The van der Waals surface area contributed by atoms with Gasteiger partial charge in [-0.3, -0.25) is 0 Å². The monoisotopic (exact) mass is 331 g/mol. The number of halogens is 2. The molecule has 6 nitrogen and oxygen atoms in total. The van der Waals surface area contributed by atoms with Crippen LogP contribution in [0.3, 0.4) is 0 Å². The summed E-state index contributed by atoms with van der Waals surface area (Å²) in [5.41, 5.74) is 13.1. The van der Waals surface area contributed by atoms with Crippen LogP contribution in [0.4, 0.5) is 20.4 Å². The average Bonchev–Trinajstić information content (AvgIpc) is 2.56. The van der Waals surface area contributed by atoms with Gasteiger partial charge in [0.25, 0.3) is 0 Å². The Kier molecular flexibility index (Phi) is 3.80. The molecule has 3 rings (SSSR count). The lowest BCUT2D eigenvalue weighted by atomic mass is 10.1. The lowest BCUT2D eigenvalue weighted by Crippen LogP contribution is -2.00. The highest BCUT2D eigenvalue weighted by Gasteiger charge is 2.21. The summed E-state index contributed by atoms with van der Waals surface area (Å²) in [5, 5.41) is 0.918. The maximum absolute atomic E-state index is 14.6. The number of ether oxygens (including phenoxy) is 2. The van der Waals surface area contributed by atoms with Crippen LogP contribution in [-0.4, -0.2) is 24.2 Å². The van der Waals surface area contributed by atoms with Crippen LogP contribution in [0.1, 0.15) is 0 Å². The van der Waals surface area contributed by atoms with Gasteiger partial charge in [0.15, 0.2) is 23.1 Å². The Hall–Kier alpha value is -3.16. The summed E-state index contributed by atoms with van der Waals surface area (Å²) in [6.07, 6.45) is 1.42. The Labute approximate surface area is 136 Å². The first-order chi connectivity index (χ1) is 11.5. The van der Waals surface area contributed by atoms with Crippen LogP contribution in [-0.2, 0) is 0 Å². The maximum Gasteiger partial charge on any atom is 0.175 e. The number of hydrogen-bond donors (Lipinski definition) is 1. The number of fused-ring (bicyclic) bond motifs is 1. The molecule has 0 saturated heterocycles. The van der Waals surface area contributed by atoms with Crippen LogP contribution in [0.25, 0.3) is 27.8 Å². The number of pyridine rings is 2.